The van der Waals surface area contributed by atoms with Crippen molar-refractivity contribution in [3.05, 3.63) is 47.0 Å². The fourth-order valence-corrected chi connectivity index (χ4v) is 3.38. The zero-order valence-electron chi connectivity index (χ0n) is 12.5. The minimum atomic E-state index is 0.443. The van der Waals surface area contributed by atoms with Crippen LogP contribution in [-0.4, -0.2) is 21.3 Å². The second kappa shape index (κ2) is 5.26. The van der Waals surface area contributed by atoms with Crippen LogP contribution >= 0.6 is 0 Å². The summed E-state index contributed by atoms with van der Waals surface area (Å²) in [5.41, 5.74) is 2.79. The Bertz CT molecular complexity index is 642. The lowest BCUT2D eigenvalue weighted by atomic mass is 10.0. The van der Waals surface area contributed by atoms with Gasteiger partial charge >= 0.3 is 0 Å². The summed E-state index contributed by atoms with van der Waals surface area (Å²) in [6, 6.07) is 9.07. The highest BCUT2D eigenvalue weighted by Crippen LogP contribution is 2.41. The molecule has 1 fully saturated rings. The molecule has 2 aromatic rings. The average molecular weight is 282 g/mol. The van der Waals surface area contributed by atoms with Gasteiger partial charge in [-0.15, -0.1) is 10.2 Å². The summed E-state index contributed by atoms with van der Waals surface area (Å²) >= 11 is 0. The quantitative estimate of drug-likeness (QED) is 0.936. The summed E-state index contributed by atoms with van der Waals surface area (Å²) in [5, 5.41) is 12.6. The van der Waals surface area contributed by atoms with Crippen LogP contribution in [0.15, 0.2) is 24.3 Å². The molecule has 0 bridgehead atoms. The second-order valence-corrected chi connectivity index (χ2v) is 6.32. The van der Waals surface area contributed by atoms with Crippen LogP contribution in [0.25, 0.3) is 0 Å². The zero-order valence-corrected chi connectivity index (χ0v) is 12.5. The van der Waals surface area contributed by atoms with Gasteiger partial charge in [0.05, 0.1) is 6.04 Å². The molecule has 1 N–H and O–H groups in total. The molecule has 4 nitrogen and oxygen atoms in total. The van der Waals surface area contributed by atoms with Crippen molar-refractivity contribution in [3.63, 3.8) is 0 Å². The predicted molar refractivity (Wildman–Crippen MR) is 82.1 cm³/mol. The van der Waals surface area contributed by atoms with E-state index in [0.29, 0.717) is 6.04 Å². The largest absolute Gasteiger partial charge is 0.312 e. The number of aromatic nitrogens is 3. The number of nitrogens with one attached hydrogen (secondary N) is 1. The van der Waals surface area contributed by atoms with E-state index in [-0.39, 0.29) is 0 Å². The molecule has 0 saturated heterocycles. The average Bonchev–Trinajstić information content (AvgIpc) is 3.27. The second-order valence-electron chi connectivity index (χ2n) is 6.32. The molecule has 1 saturated carbocycles. The Hall–Kier alpha value is -1.68. The van der Waals surface area contributed by atoms with Crippen LogP contribution in [0, 0.1) is 12.8 Å². The molecule has 4 heteroatoms. The number of fused-ring (bicyclic) bond motifs is 1. The van der Waals surface area contributed by atoms with E-state index in [4.69, 9.17) is 0 Å². The molecule has 0 amide bonds. The van der Waals surface area contributed by atoms with Crippen molar-refractivity contribution < 1.29 is 0 Å². The standard InChI is InChI=1S/C17H22N4/c1-12-4-2-3-5-13(12)8-9-15-19-20-17-16(14-6-7-14)18-10-11-21(15)17/h2-5,14,16,18H,6-11H2,1H3. The monoisotopic (exact) mass is 282 g/mol. The highest BCUT2D eigenvalue weighted by Gasteiger charge is 2.37. The molecule has 2 aliphatic rings. The Kier molecular flexibility index (Phi) is 3.26. The molecular formula is C17H22N4. The lowest BCUT2D eigenvalue weighted by Crippen LogP contribution is -2.35. The smallest absolute Gasteiger partial charge is 0.150 e. The molecule has 0 spiro atoms. The number of nitrogens with zero attached hydrogens (tertiary/aromatic N) is 3. The molecule has 1 aromatic heterocycles. The number of aryl methyl sites for hydroxylation is 3. The van der Waals surface area contributed by atoms with Gasteiger partial charge in [-0.1, -0.05) is 24.3 Å². The van der Waals surface area contributed by atoms with E-state index >= 15 is 0 Å². The van der Waals surface area contributed by atoms with Gasteiger partial charge in [-0.05, 0) is 43.2 Å². The number of benzene rings is 1. The molecule has 110 valence electrons. The number of hydrogen-bond donors (Lipinski definition) is 1. The Morgan fingerprint density at radius 1 is 1.19 bits per heavy atom. The summed E-state index contributed by atoms with van der Waals surface area (Å²) in [6.07, 6.45) is 4.70. The minimum Gasteiger partial charge on any atom is -0.312 e. The molecule has 1 unspecified atom stereocenters. The van der Waals surface area contributed by atoms with Crippen molar-refractivity contribution in [2.45, 2.75) is 45.2 Å². The van der Waals surface area contributed by atoms with Crippen LogP contribution < -0.4 is 5.32 Å². The van der Waals surface area contributed by atoms with E-state index < -0.39 is 0 Å². The summed E-state index contributed by atoms with van der Waals surface area (Å²) in [6.45, 7) is 4.24. The van der Waals surface area contributed by atoms with Crippen molar-refractivity contribution in [2.24, 2.45) is 5.92 Å². The van der Waals surface area contributed by atoms with Crippen LogP contribution in [-0.2, 0) is 19.4 Å². The van der Waals surface area contributed by atoms with Crippen molar-refractivity contribution in [1.29, 1.82) is 0 Å². The van der Waals surface area contributed by atoms with Crippen molar-refractivity contribution >= 4 is 0 Å². The Balaban J connectivity index is 1.53. The van der Waals surface area contributed by atoms with E-state index in [1.165, 1.54) is 29.8 Å². The van der Waals surface area contributed by atoms with E-state index in [1.807, 2.05) is 0 Å². The fraction of sp³-hybridized carbons (Fsp3) is 0.529. The summed E-state index contributed by atoms with van der Waals surface area (Å²) in [7, 11) is 0. The highest BCUT2D eigenvalue weighted by atomic mass is 15.3. The van der Waals surface area contributed by atoms with Crippen molar-refractivity contribution in [3.8, 4) is 0 Å². The first-order chi connectivity index (χ1) is 10.3. The maximum atomic E-state index is 4.48. The van der Waals surface area contributed by atoms with Crippen LogP contribution in [0.5, 0.6) is 0 Å². The molecule has 2 heterocycles. The van der Waals surface area contributed by atoms with Crippen LogP contribution in [0.3, 0.4) is 0 Å². The first-order valence-electron chi connectivity index (χ1n) is 8.03. The molecule has 1 aliphatic heterocycles. The van der Waals surface area contributed by atoms with Gasteiger partial charge in [0.15, 0.2) is 5.82 Å². The predicted octanol–water partition coefficient (Wildman–Crippen LogP) is 2.43. The Morgan fingerprint density at radius 3 is 2.86 bits per heavy atom. The lowest BCUT2D eigenvalue weighted by Gasteiger charge is -2.25. The van der Waals surface area contributed by atoms with Gasteiger partial charge in [-0.3, -0.25) is 0 Å². The summed E-state index contributed by atoms with van der Waals surface area (Å²) < 4.78 is 2.36. The zero-order chi connectivity index (χ0) is 14.2. The van der Waals surface area contributed by atoms with Crippen LogP contribution in [0.4, 0.5) is 0 Å². The van der Waals surface area contributed by atoms with E-state index in [9.17, 15) is 0 Å². The van der Waals surface area contributed by atoms with E-state index in [2.05, 4.69) is 51.3 Å². The molecule has 1 aliphatic carbocycles. The molecule has 0 radical (unpaired) electrons. The molecule has 1 aromatic carbocycles. The SMILES string of the molecule is Cc1ccccc1CCc1nnc2n1CCNC2C1CC1. The van der Waals surface area contributed by atoms with Crippen molar-refractivity contribution in [2.75, 3.05) is 6.54 Å². The van der Waals surface area contributed by atoms with Crippen molar-refractivity contribution in [1.82, 2.24) is 20.1 Å². The summed E-state index contributed by atoms with van der Waals surface area (Å²) in [5.74, 6) is 3.11. The minimum absolute atomic E-state index is 0.443. The highest BCUT2D eigenvalue weighted by molar-refractivity contribution is 5.26. The van der Waals surface area contributed by atoms with Gasteiger partial charge in [-0.25, -0.2) is 0 Å². The normalized spacial score (nSPS) is 21.3. The van der Waals surface area contributed by atoms with Crippen LogP contribution in [0.2, 0.25) is 0 Å². The van der Waals surface area contributed by atoms with Gasteiger partial charge in [0.1, 0.15) is 5.82 Å². The molecule has 4 rings (SSSR count). The van der Waals surface area contributed by atoms with Gasteiger partial charge < -0.3 is 9.88 Å². The lowest BCUT2D eigenvalue weighted by molar-refractivity contribution is 0.376. The van der Waals surface area contributed by atoms with Gasteiger partial charge in [0, 0.05) is 19.5 Å². The maximum Gasteiger partial charge on any atom is 0.150 e. The molecular weight excluding hydrogens is 260 g/mol. The topological polar surface area (TPSA) is 42.7 Å². The fourth-order valence-electron chi connectivity index (χ4n) is 3.38. The Morgan fingerprint density at radius 2 is 2.05 bits per heavy atom. The van der Waals surface area contributed by atoms with Crippen LogP contribution in [0.1, 0.15) is 41.7 Å². The first kappa shape index (κ1) is 13.0. The third kappa shape index (κ3) is 2.48. The van der Waals surface area contributed by atoms with Gasteiger partial charge in [-0.2, -0.15) is 0 Å². The maximum absolute atomic E-state index is 4.48. The molecule has 1 atom stereocenters. The third-order valence-corrected chi connectivity index (χ3v) is 4.81. The van der Waals surface area contributed by atoms with Gasteiger partial charge in [0.2, 0.25) is 0 Å². The Labute approximate surface area is 125 Å². The molecule has 21 heavy (non-hydrogen) atoms. The van der Waals surface area contributed by atoms with Gasteiger partial charge in [0.25, 0.3) is 0 Å². The van der Waals surface area contributed by atoms with E-state index in [0.717, 1.165) is 37.7 Å². The summed E-state index contributed by atoms with van der Waals surface area (Å²) in [4.78, 5) is 0. The first-order valence-corrected chi connectivity index (χ1v) is 8.03. The van der Waals surface area contributed by atoms with E-state index in [1.54, 1.807) is 0 Å². The third-order valence-electron chi connectivity index (χ3n) is 4.81. The number of rotatable bonds is 4. The number of hydrogen-bond acceptors (Lipinski definition) is 3.